The summed E-state index contributed by atoms with van der Waals surface area (Å²) in [5.41, 5.74) is 7.84. The number of ether oxygens (including phenoxy) is 1. The molecule has 1 unspecified atom stereocenters. The summed E-state index contributed by atoms with van der Waals surface area (Å²) in [6.07, 6.45) is 4.49. The summed E-state index contributed by atoms with van der Waals surface area (Å²) in [6, 6.07) is 14.7. The highest BCUT2D eigenvalue weighted by molar-refractivity contribution is 6.07. The fourth-order valence-electron chi connectivity index (χ4n) is 3.39. The lowest BCUT2D eigenvalue weighted by atomic mass is 10.1. The van der Waals surface area contributed by atoms with Crippen LogP contribution in [0, 0.1) is 0 Å². The van der Waals surface area contributed by atoms with Crippen molar-refractivity contribution in [1.82, 2.24) is 0 Å². The highest BCUT2D eigenvalue weighted by atomic mass is 16.5. The molecule has 3 N–H and O–H groups in total. The molecule has 1 atom stereocenters. The van der Waals surface area contributed by atoms with Gasteiger partial charge < -0.3 is 20.5 Å². The predicted octanol–water partition coefficient (Wildman–Crippen LogP) is 3.19. The largest absolute Gasteiger partial charge is 0.481 e. The summed E-state index contributed by atoms with van der Waals surface area (Å²) in [7, 11) is 0. The lowest BCUT2D eigenvalue weighted by Gasteiger charge is -2.31. The molecular weight excluding hydrogens is 380 g/mol. The Kier molecular flexibility index (Phi) is 7.25. The molecule has 0 aliphatic carbocycles. The minimum absolute atomic E-state index is 0.0734. The first-order valence-corrected chi connectivity index (χ1v) is 10.3. The maximum atomic E-state index is 12.5. The number of allylic oxidation sites excluding steroid dienone is 1. The SMILES string of the molecule is CCC(Oc1ccc(/C=C/C(=O)c2ccc(N3CCC(O)CC3)cc2)cc1)C(N)=O. The van der Waals surface area contributed by atoms with Gasteiger partial charge in [-0.15, -0.1) is 0 Å². The summed E-state index contributed by atoms with van der Waals surface area (Å²) < 4.78 is 5.56. The molecule has 1 amide bonds. The molecule has 0 aromatic heterocycles. The Morgan fingerprint density at radius 1 is 1.13 bits per heavy atom. The molecule has 1 aliphatic rings. The fraction of sp³-hybridized carbons (Fsp3) is 0.333. The molecule has 0 radical (unpaired) electrons. The molecule has 2 aromatic carbocycles. The Labute approximate surface area is 177 Å². The van der Waals surface area contributed by atoms with Gasteiger partial charge in [0.2, 0.25) is 0 Å². The number of hydrogen-bond acceptors (Lipinski definition) is 5. The lowest BCUT2D eigenvalue weighted by Crippen LogP contribution is -2.35. The van der Waals surface area contributed by atoms with E-state index < -0.39 is 12.0 Å². The topological polar surface area (TPSA) is 92.9 Å². The summed E-state index contributed by atoms with van der Waals surface area (Å²) in [4.78, 5) is 26.0. The number of primary amides is 1. The molecule has 3 rings (SSSR count). The molecule has 0 bridgehead atoms. The first-order valence-electron chi connectivity index (χ1n) is 10.3. The van der Waals surface area contributed by atoms with Crippen LogP contribution in [-0.4, -0.2) is 42.1 Å². The number of hydrogen-bond donors (Lipinski definition) is 2. The monoisotopic (exact) mass is 408 g/mol. The van der Waals surface area contributed by atoms with Gasteiger partial charge in [0.05, 0.1) is 6.10 Å². The fourth-order valence-corrected chi connectivity index (χ4v) is 3.39. The van der Waals surface area contributed by atoms with Crippen LogP contribution in [0.1, 0.15) is 42.1 Å². The maximum absolute atomic E-state index is 12.5. The van der Waals surface area contributed by atoms with Crippen molar-refractivity contribution in [3.8, 4) is 5.75 Å². The molecule has 1 aliphatic heterocycles. The zero-order valence-electron chi connectivity index (χ0n) is 17.2. The molecule has 0 saturated carbocycles. The van der Waals surface area contributed by atoms with Gasteiger partial charge in [0.25, 0.3) is 5.91 Å². The summed E-state index contributed by atoms with van der Waals surface area (Å²) in [6.45, 7) is 3.49. The maximum Gasteiger partial charge on any atom is 0.258 e. The molecule has 30 heavy (non-hydrogen) atoms. The molecule has 158 valence electrons. The zero-order valence-corrected chi connectivity index (χ0v) is 17.2. The molecule has 0 spiro atoms. The van der Waals surface area contributed by atoms with E-state index in [0.717, 1.165) is 37.2 Å². The second-order valence-electron chi connectivity index (χ2n) is 7.45. The Balaban J connectivity index is 1.58. The van der Waals surface area contributed by atoms with E-state index in [4.69, 9.17) is 10.5 Å². The number of aliphatic hydroxyl groups is 1. The lowest BCUT2D eigenvalue weighted by molar-refractivity contribution is -0.124. The van der Waals surface area contributed by atoms with Crippen LogP contribution in [-0.2, 0) is 4.79 Å². The molecule has 1 fully saturated rings. The van der Waals surface area contributed by atoms with Gasteiger partial charge in [0, 0.05) is 24.3 Å². The number of ketones is 1. The Bertz CT molecular complexity index is 882. The van der Waals surface area contributed by atoms with Crippen molar-refractivity contribution in [1.29, 1.82) is 0 Å². The van der Waals surface area contributed by atoms with E-state index >= 15 is 0 Å². The first-order chi connectivity index (χ1) is 14.5. The smallest absolute Gasteiger partial charge is 0.258 e. The average Bonchev–Trinajstić information content (AvgIpc) is 2.77. The van der Waals surface area contributed by atoms with Crippen molar-refractivity contribution in [3.05, 3.63) is 65.7 Å². The van der Waals surface area contributed by atoms with Crippen molar-refractivity contribution < 1.29 is 19.4 Å². The second kappa shape index (κ2) is 10.1. The van der Waals surface area contributed by atoms with Crippen molar-refractivity contribution in [2.24, 2.45) is 5.73 Å². The zero-order chi connectivity index (χ0) is 21.5. The molecule has 6 nitrogen and oxygen atoms in total. The Morgan fingerprint density at radius 2 is 1.77 bits per heavy atom. The van der Waals surface area contributed by atoms with E-state index in [1.165, 1.54) is 0 Å². The quantitative estimate of drug-likeness (QED) is 0.517. The van der Waals surface area contributed by atoms with Crippen molar-refractivity contribution in [2.45, 2.75) is 38.4 Å². The number of aliphatic hydroxyl groups excluding tert-OH is 1. The number of nitrogens with two attached hydrogens (primary N) is 1. The van der Waals surface area contributed by atoms with Gasteiger partial charge in [-0.3, -0.25) is 9.59 Å². The van der Waals surface area contributed by atoms with Crippen LogP contribution in [0.5, 0.6) is 5.75 Å². The van der Waals surface area contributed by atoms with Gasteiger partial charge in [-0.05, 0) is 67.3 Å². The van der Waals surface area contributed by atoms with Crippen LogP contribution >= 0.6 is 0 Å². The average molecular weight is 408 g/mol. The van der Waals surface area contributed by atoms with Crippen LogP contribution in [0.25, 0.3) is 6.08 Å². The highest BCUT2D eigenvalue weighted by Crippen LogP contribution is 2.21. The van der Waals surface area contributed by atoms with Crippen LogP contribution in [0.3, 0.4) is 0 Å². The third-order valence-electron chi connectivity index (χ3n) is 5.26. The minimum Gasteiger partial charge on any atom is -0.481 e. The summed E-state index contributed by atoms with van der Waals surface area (Å²) in [5.74, 6) is -0.00312. The number of amides is 1. The van der Waals surface area contributed by atoms with E-state index in [1.807, 2.05) is 43.3 Å². The van der Waals surface area contributed by atoms with Gasteiger partial charge in [0.1, 0.15) is 5.75 Å². The Hall–Kier alpha value is -3.12. The number of carbonyl (C=O) groups is 2. The summed E-state index contributed by atoms with van der Waals surface area (Å²) >= 11 is 0. The van der Waals surface area contributed by atoms with Gasteiger partial charge in [-0.1, -0.05) is 25.1 Å². The minimum atomic E-state index is -0.647. The first kappa shape index (κ1) is 21.6. The van der Waals surface area contributed by atoms with E-state index in [2.05, 4.69) is 4.90 Å². The highest BCUT2D eigenvalue weighted by Gasteiger charge is 2.17. The van der Waals surface area contributed by atoms with Crippen molar-refractivity contribution >= 4 is 23.5 Å². The molecular formula is C24H28N2O4. The number of rotatable bonds is 8. The van der Waals surface area contributed by atoms with Gasteiger partial charge >= 0.3 is 0 Å². The number of carbonyl (C=O) groups excluding carboxylic acids is 2. The van der Waals surface area contributed by atoms with Gasteiger partial charge in [-0.25, -0.2) is 0 Å². The third kappa shape index (κ3) is 5.70. The van der Waals surface area contributed by atoms with Crippen LogP contribution in [0.4, 0.5) is 5.69 Å². The van der Waals surface area contributed by atoms with Gasteiger partial charge in [-0.2, -0.15) is 0 Å². The molecule has 6 heteroatoms. The van der Waals surface area contributed by atoms with Crippen molar-refractivity contribution in [2.75, 3.05) is 18.0 Å². The van der Waals surface area contributed by atoms with E-state index in [1.54, 1.807) is 24.3 Å². The predicted molar refractivity (Wildman–Crippen MR) is 118 cm³/mol. The molecule has 1 saturated heterocycles. The van der Waals surface area contributed by atoms with Crippen molar-refractivity contribution in [3.63, 3.8) is 0 Å². The third-order valence-corrected chi connectivity index (χ3v) is 5.26. The normalized spacial score (nSPS) is 15.9. The van der Waals surface area contributed by atoms with E-state index in [-0.39, 0.29) is 11.9 Å². The number of piperidine rings is 1. The molecule has 2 aromatic rings. The van der Waals surface area contributed by atoms with Crippen LogP contribution in [0.15, 0.2) is 54.6 Å². The summed E-state index contributed by atoms with van der Waals surface area (Å²) in [5, 5.41) is 9.63. The number of nitrogens with zero attached hydrogens (tertiary/aromatic N) is 1. The van der Waals surface area contributed by atoms with Crippen LogP contribution in [0.2, 0.25) is 0 Å². The molecule has 1 heterocycles. The standard InChI is InChI=1S/C24H28N2O4/c1-2-23(24(25)29)30-21-10-3-17(4-11-21)5-12-22(28)18-6-8-19(9-7-18)26-15-13-20(27)14-16-26/h3-12,20,23,27H,2,13-16H2,1H3,(H2,25,29)/b12-5+. The van der Waals surface area contributed by atoms with Crippen LogP contribution < -0.4 is 15.4 Å². The number of benzene rings is 2. The second-order valence-corrected chi connectivity index (χ2v) is 7.45. The van der Waals surface area contributed by atoms with E-state index in [0.29, 0.717) is 17.7 Å². The van der Waals surface area contributed by atoms with E-state index in [9.17, 15) is 14.7 Å². The Morgan fingerprint density at radius 3 is 2.33 bits per heavy atom. The number of anilines is 1. The van der Waals surface area contributed by atoms with Gasteiger partial charge in [0.15, 0.2) is 11.9 Å².